The molecule has 0 saturated heterocycles. The lowest BCUT2D eigenvalue weighted by Crippen LogP contribution is -2.38. The molecule has 6 nitrogen and oxygen atoms in total. The van der Waals surface area contributed by atoms with E-state index in [0.717, 1.165) is 5.56 Å². The van der Waals surface area contributed by atoms with Crippen molar-refractivity contribution in [2.75, 3.05) is 20.8 Å². The molecule has 1 aliphatic heterocycles. The van der Waals surface area contributed by atoms with Crippen molar-refractivity contribution < 1.29 is 19.4 Å². The molecule has 0 bridgehead atoms. The van der Waals surface area contributed by atoms with Crippen molar-refractivity contribution in [3.8, 4) is 17.6 Å². The van der Waals surface area contributed by atoms with Gasteiger partial charge in [0, 0.05) is 16.5 Å². The first-order chi connectivity index (χ1) is 11.6. The largest absolute Gasteiger partial charge is 0.496 e. The number of thiophene rings is 1. The Hall–Kier alpha value is -2.56. The van der Waals surface area contributed by atoms with E-state index in [9.17, 15) is 9.90 Å². The highest BCUT2D eigenvalue weighted by Crippen LogP contribution is 2.39. The second-order valence-corrected chi connectivity index (χ2v) is 6.29. The Balaban J connectivity index is 1.96. The van der Waals surface area contributed by atoms with E-state index in [1.165, 1.54) is 11.3 Å². The lowest BCUT2D eigenvalue weighted by Gasteiger charge is -2.33. The predicted molar refractivity (Wildman–Crippen MR) is 88.3 cm³/mol. The number of benzene rings is 1. The number of carbonyl (C=O) groups is 1. The van der Waals surface area contributed by atoms with Crippen LogP contribution < -0.4 is 9.47 Å². The Bertz CT molecular complexity index is 824. The summed E-state index contributed by atoms with van der Waals surface area (Å²) in [5.41, 5.74) is 1.85. The third-order valence-electron chi connectivity index (χ3n) is 4.02. The fourth-order valence-corrected chi connectivity index (χ4v) is 3.69. The lowest BCUT2D eigenvalue weighted by molar-refractivity contribution is 0.0543. The third kappa shape index (κ3) is 2.70. The molecular weight excluding hydrogens is 328 g/mol. The molecule has 0 fully saturated rings. The monoisotopic (exact) mass is 344 g/mol. The van der Waals surface area contributed by atoms with Crippen LogP contribution in [0.25, 0.3) is 0 Å². The second kappa shape index (κ2) is 6.51. The van der Waals surface area contributed by atoms with E-state index in [4.69, 9.17) is 14.7 Å². The van der Waals surface area contributed by atoms with Crippen molar-refractivity contribution in [2.45, 2.75) is 12.6 Å². The first kappa shape index (κ1) is 16.3. The highest BCUT2D eigenvalue weighted by atomic mass is 32.1. The summed E-state index contributed by atoms with van der Waals surface area (Å²) in [6, 6.07) is 7.09. The van der Waals surface area contributed by atoms with E-state index in [-0.39, 0.29) is 12.5 Å². The van der Waals surface area contributed by atoms with Crippen LogP contribution in [0, 0.1) is 11.3 Å². The second-order valence-electron chi connectivity index (χ2n) is 5.38. The summed E-state index contributed by atoms with van der Waals surface area (Å²) in [6.45, 7) is 0.473. The minimum atomic E-state index is -0.863. The number of hydrogen-bond acceptors (Lipinski definition) is 6. The molecule has 0 spiro atoms. The van der Waals surface area contributed by atoms with Crippen molar-refractivity contribution in [3.05, 3.63) is 45.1 Å². The molecule has 1 aliphatic rings. The number of amides is 1. The highest BCUT2D eigenvalue weighted by molar-refractivity contribution is 7.12. The minimum absolute atomic E-state index is 0.162. The van der Waals surface area contributed by atoms with Gasteiger partial charge in [0.15, 0.2) is 0 Å². The van der Waals surface area contributed by atoms with Crippen LogP contribution in [0.5, 0.6) is 11.5 Å². The molecule has 0 aliphatic carbocycles. The Labute approximate surface area is 143 Å². The molecule has 1 aromatic heterocycles. The smallest absolute Gasteiger partial charge is 0.264 e. The number of hydrogen-bond donors (Lipinski definition) is 1. The van der Waals surface area contributed by atoms with Gasteiger partial charge in [-0.05, 0) is 18.2 Å². The lowest BCUT2D eigenvalue weighted by atomic mass is 9.95. The highest BCUT2D eigenvalue weighted by Gasteiger charge is 2.32. The summed E-state index contributed by atoms with van der Waals surface area (Å²) in [5, 5.41) is 21.1. The third-order valence-corrected chi connectivity index (χ3v) is 4.93. The van der Waals surface area contributed by atoms with Gasteiger partial charge in [0.05, 0.1) is 37.7 Å². The van der Waals surface area contributed by atoms with E-state index < -0.39 is 6.10 Å². The number of carbonyl (C=O) groups excluding carboxylic acids is 1. The molecule has 1 unspecified atom stereocenters. The van der Waals surface area contributed by atoms with Crippen LogP contribution in [0.4, 0.5) is 0 Å². The van der Waals surface area contributed by atoms with Gasteiger partial charge in [-0.15, -0.1) is 11.3 Å². The summed E-state index contributed by atoms with van der Waals surface area (Å²) in [7, 11) is 3.09. The molecule has 1 aromatic carbocycles. The molecular formula is C17H16N2O4S. The van der Waals surface area contributed by atoms with Gasteiger partial charge in [-0.1, -0.05) is 0 Å². The molecule has 2 aromatic rings. The summed E-state index contributed by atoms with van der Waals surface area (Å²) >= 11 is 1.22. The van der Waals surface area contributed by atoms with E-state index in [1.807, 2.05) is 6.07 Å². The predicted octanol–water partition coefficient (Wildman–Crippen LogP) is 2.33. The summed E-state index contributed by atoms with van der Waals surface area (Å²) in [6.07, 6.45) is -0.863. The van der Waals surface area contributed by atoms with Gasteiger partial charge in [0.25, 0.3) is 5.91 Å². The van der Waals surface area contributed by atoms with Gasteiger partial charge >= 0.3 is 0 Å². The van der Waals surface area contributed by atoms with Crippen LogP contribution in [0.1, 0.15) is 32.5 Å². The van der Waals surface area contributed by atoms with Gasteiger partial charge in [-0.25, -0.2) is 0 Å². The van der Waals surface area contributed by atoms with Crippen LogP contribution >= 0.6 is 11.3 Å². The maximum atomic E-state index is 12.7. The Morgan fingerprint density at radius 2 is 2.08 bits per heavy atom. The summed E-state index contributed by atoms with van der Waals surface area (Å²) < 4.78 is 10.7. The standard InChI is InChI=1S/C17H16N2O4S/c1-22-13-3-4-14(23-2)16-11(13)7-19(8-12(16)20)17(21)15-5-10(6-18)9-24-15/h3-5,9,12,20H,7-8H2,1-2H3. The zero-order chi connectivity index (χ0) is 17.3. The van der Waals surface area contributed by atoms with Crippen LogP contribution in [-0.4, -0.2) is 36.7 Å². The Morgan fingerprint density at radius 3 is 2.71 bits per heavy atom. The Kier molecular flexibility index (Phi) is 4.42. The van der Waals surface area contributed by atoms with Crippen molar-refractivity contribution >= 4 is 17.2 Å². The summed E-state index contributed by atoms with van der Waals surface area (Å²) in [4.78, 5) is 14.7. The molecule has 3 rings (SSSR count). The molecule has 1 N–H and O–H groups in total. The number of β-amino-alcohol motifs (C(OH)–C–C–N with tert-alkyl or cyclic N) is 1. The average Bonchev–Trinajstić information content (AvgIpc) is 3.09. The number of aliphatic hydroxyl groups is 1. The van der Waals surface area contributed by atoms with Crippen LogP contribution in [0.15, 0.2) is 23.6 Å². The number of aliphatic hydroxyl groups excluding tert-OH is 1. The quantitative estimate of drug-likeness (QED) is 0.924. The molecule has 7 heteroatoms. The van der Waals surface area contributed by atoms with Crippen molar-refractivity contribution in [1.82, 2.24) is 4.90 Å². The number of rotatable bonds is 3. The van der Waals surface area contributed by atoms with Crippen molar-refractivity contribution in [3.63, 3.8) is 0 Å². The molecule has 124 valence electrons. The van der Waals surface area contributed by atoms with Crippen LogP contribution in [-0.2, 0) is 6.54 Å². The van der Waals surface area contributed by atoms with E-state index in [0.29, 0.717) is 34.0 Å². The molecule has 24 heavy (non-hydrogen) atoms. The van der Waals surface area contributed by atoms with Crippen LogP contribution in [0.2, 0.25) is 0 Å². The van der Waals surface area contributed by atoms with Crippen molar-refractivity contribution in [2.24, 2.45) is 0 Å². The van der Waals surface area contributed by atoms with Gasteiger partial charge in [-0.3, -0.25) is 4.79 Å². The number of nitrogens with zero attached hydrogens (tertiary/aromatic N) is 2. The van der Waals surface area contributed by atoms with E-state index in [1.54, 1.807) is 42.7 Å². The van der Waals surface area contributed by atoms with Gasteiger partial charge in [0.2, 0.25) is 0 Å². The normalized spacial score (nSPS) is 16.2. The zero-order valence-electron chi connectivity index (χ0n) is 13.3. The average molecular weight is 344 g/mol. The minimum Gasteiger partial charge on any atom is -0.496 e. The first-order valence-corrected chi connectivity index (χ1v) is 8.16. The molecule has 0 saturated carbocycles. The SMILES string of the molecule is COc1ccc(OC)c2c1CN(C(=O)c1cc(C#N)cs1)CC2O. The number of ether oxygens (including phenoxy) is 2. The first-order valence-electron chi connectivity index (χ1n) is 7.28. The van der Waals surface area contributed by atoms with E-state index >= 15 is 0 Å². The topological polar surface area (TPSA) is 82.8 Å². The molecule has 1 atom stereocenters. The molecule has 0 radical (unpaired) electrons. The fourth-order valence-electron chi connectivity index (χ4n) is 2.89. The number of nitriles is 1. The Morgan fingerprint density at radius 1 is 1.38 bits per heavy atom. The number of fused-ring (bicyclic) bond motifs is 1. The number of methoxy groups -OCH3 is 2. The fraction of sp³-hybridized carbons (Fsp3) is 0.294. The van der Waals surface area contributed by atoms with Gasteiger partial charge < -0.3 is 19.5 Å². The van der Waals surface area contributed by atoms with Crippen molar-refractivity contribution in [1.29, 1.82) is 5.26 Å². The summed E-state index contributed by atoms with van der Waals surface area (Å²) in [5.74, 6) is 0.968. The molecule has 2 heterocycles. The zero-order valence-corrected chi connectivity index (χ0v) is 14.1. The van der Waals surface area contributed by atoms with Gasteiger partial charge in [0.1, 0.15) is 23.7 Å². The van der Waals surface area contributed by atoms with Gasteiger partial charge in [-0.2, -0.15) is 5.26 Å². The molecule has 1 amide bonds. The van der Waals surface area contributed by atoms with E-state index in [2.05, 4.69) is 0 Å². The van der Waals surface area contributed by atoms with Crippen LogP contribution in [0.3, 0.4) is 0 Å². The maximum Gasteiger partial charge on any atom is 0.264 e. The maximum absolute atomic E-state index is 12.7.